The van der Waals surface area contributed by atoms with Crippen LogP contribution in [0.2, 0.25) is 0 Å². The number of rotatable bonds is 4. The molecule has 0 aliphatic rings. The highest BCUT2D eigenvalue weighted by atomic mass is 16.4. The highest BCUT2D eigenvalue weighted by Gasteiger charge is 2.13. The number of carboxylic acids is 1. The van der Waals surface area contributed by atoms with E-state index in [4.69, 9.17) is 0 Å². The first-order valence-electron chi connectivity index (χ1n) is 6.30. The van der Waals surface area contributed by atoms with Crippen molar-refractivity contribution in [1.29, 1.82) is 0 Å². The molecule has 3 aromatic rings. The van der Waals surface area contributed by atoms with Gasteiger partial charge in [0.2, 0.25) is 0 Å². The summed E-state index contributed by atoms with van der Waals surface area (Å²) in [5, 5.41) is 13.4. The Morgan fingerprint density at radius 3 is 2.95 bits per heavy atom. The summed E-state index contributed by atoms with van der Waals surface area (Å²) in [6.45, 7) is 0.673. The van der Waals surface area contributed by atoms with Gasteiger partial charge in [0.1, 0.15) is 0 Å². The number of benzene rings is 1. The number of hydrogen-bond donors (Lipinski definition) is 1. The quantitative estimate of drug-likeness (QED) is 0.783. The van der Waals surface area contributed by atoms with Crippen LogP contribution in [-0.2, 0) is 20.0 Å². The second kappa shape index (κ2) is 4.80. The van der Waals surface area contributed by atoms with Crippen molar-refractivity contribution in [2.45, 2.75) is 13.0 Å². The molecule has 2 heterocycles. The Balaban J connectivity index is 1.93. The standard InChI is InChI=1S/C14H14N4O2/c1-17-8-10(7-16-17)5-6-18-9-15-12-4-2-3-11(13(12)18)14(19)20/h2-4,7-9H,5-6H2,1H3,(H,19,20). The molecule has 102 valence electrons. The van der Waals surface area contributed by atoms with E-state index < -0.39 is 5.97 Å². The SMILES string of the molecule is Cn1cc(CCn2cnc3cccc(C(=O)O)c32)cn1. The molecular weight excluding hydrogens is 256 g/mol. The zero-order valence-corrected chi connectivity index (χ0v) is 11.0. The first-order chi connectivity index (χ1) is 9.65. The number of imidazole rings is 1. The Labute approximate surface area is 115 Å². The Morgan fingerprint density at radius 1 is 1.40 bits per heavy atom. The van der Waals surface area contributed by atoms with Crippen LogP contribution in [0.3, 0.4) is 0 Å². The number of hydrogen-bond acceptors (Lipinski definition) is 3. The molecule has 20 heavy (non-hydrogen) atoms. The Morgan fingerprint density at radius 2 is 2.25 bits per heavy atom. The maximum atomic E-state index is 11.3. The molecule has 0 fully saturated rings. The van der Waals surface area contributed by atoms with E-state index in [9.17, 15) is 9.90 Å². The molecule has 1 N–H and O–H groups in total. The molecule has 0 bridgehead atoms. The normalized spacial score (nSPS) is 11.1. The van der Waals surface area contributed by atoms with Crippen molar-refractivity contribution in [2.24, 2.45) is 7.05 Å². The topological polar surface area (TPSA) is 72.9 Å². The third-order valence-electron chi connectivity index (χ3n) is 3.27. The number of carboxylic acid groups (broad SMARTS) is 1. The fourth-order valence-corrected chi connectivity index (χ4v) is 2.32. The lowest BCUT2D eigenvalue weighted by Gasteiger charge is -2.05. The number of nitrogens with zero attached hydrogens (tertiary/aromatic N) is 4. The van der Waals surface area contributed by atoms with Crippen LogP contribution >= 0.6 is 0 Å². The molecule has 0 aliphatic heterocycles. The van der Waals surface area contributed by atoms with Gasteiger partial charge in [-0.2, -0.15) is 5.10 Å². The second-order valence-corrected chi connectivity index (χ2v) is 4.69. The molecule has 6 heteroatoms. The van der Waals surface area contributed by atoms with Crippen molar-refractivity contribution < 1.29 is 9.90 Å². The smallest absolute Gasteiger partial charge is 0.337 e. The number of aryl methyl sites for hydroxylation is 3. The number of aromatic carboxylic acids is 1. The minimum absolute atomic E-state index is 0.284. The van der Waals surface area contributed by atoms with Gasteiger partial charge in [0.25, 0.3) is 0 Å². The average molecular weight is 270 g/mol. The lowest BCUT2D eigenvalue weighted by molar-refractivity contribution is 0.0698. The number of aromatic nitrogens is 4. The van der Waals surface area contributed by atoms with E-state index in [-0.39, 0.29) is 5.56 Å². The van der Waals surface area contributed by atoms with Crippen LogP contribution in [0.1, 0.15) is 15.9 Å². The molecule has 0 saturated carbocycles. The minimum atomic E-state index is -0.932. The van der Waals surface area contributed by atoms with E-state index in [1.165, 1.54) is 0 Å². The molecule has 0 spiro atoms. The first-order valence-corrected chi connectivity index (χ1v) is 6.30. The van der Waals surface area contributed by atoms with Gasteiger partial charge in [-0.25, -0.2) is 9.78 Å². The van der Waals surface area contributed by atoms with Crippen LogP contribution in [0.15, 0.2) is 36.9 Å². The van der Waals surface area contributed by atoms with Crippen LogP contribution in [0.4, 0.5) is 0 Å². The first kappa shape index (κ1) is 12.4. The summed E-state index contributed by atoms with van der Waals surface area (Å²) >= 11 is 0. The van der Waals surface area contributed by atoms with E-state index in [0.29, 0.717) is 17.6 Å². The lowest BCUT2D eigenvalue weighted by atomic mass is 10.2. The molecule has 0 amide bonds. The van der Waals surface area contributed by atoms with Crippen LogP contribution in [0, 0.1) is 0 Å². The Bertz CT molecular complexity index is 772. The maximum Gasteiger partial charge on any atom is 0.337 e. The average Bonchev–Trinajstić information content (AvgIpc) is 3.02. The van der Waals surface area contributed by atoms with Gasteiger partial charge < -0.3 is 9.67 Å². The number of para-hydroxylation sites is 1. The molecule has 0 saturated heterocycles. The van der Waals surface area contributed by atoms with Gasteiger partial charge in [0.05, 0.1) is 29.1 Å². The largest absolute Gasteiger partial charge is 0.478 e. The summed E-state index contributed by atoms with van der Waals surface area (Å²) in [7, 11) is 1.87. The Hall–Kier alpha value is -2.63. The van der Waals surface area contributed by atoms with Crippen molar-refractivity contribution in [3.63, 3.8) is 0 Å². The van der Waals surface area contributed by atoms with E-state index in [1.54, 1.807) is 23.1 Å². The third kappa shape index (κ3) is 2.16. The van der Waals surface area contributed by atoms with E-state index >= 15 is 0 Å². The van der Waals surface area contributed by atoms with Crippen LogP contribution in [0.25, 0.3) is 11.0 Å². The molecule has 0 aliphatic carbocycles. The summed E-state index contributed by atoms with van der Waals surface area (Å²) in [6.07, 6.45) is 6.25. The molecule has 0 radical (unpaired) electrons. The van der Waals surface area contributed by atoms with Crippen LogP contribution < -0.4 is 0 Å². The highest BCUT2D eigenvalue weighted by molar-refractivity contribution is 6.01. The predicted molar refractivity (Wildman–Crippen MR) is 73.6 cm³/mol. The van der Waals surface area contributed by atoms with Crippen LogP contribution in [0.5, 0.6) is 0 Å². The van der Waals surface area contributed by atoms with Crippen molar-refractivity contribution in [3.05, 3.63) is 48.0 Å². The van der Waals surface area contributed by atoms with Gasteiger partial charge in [0, 0.05) is 19.8 Å². The maximum absolute atomic E-state index is 11.3. The van der Waals surface area contributed by atoms with Gasteiger partial charge >= 0.3 is 5.97 Å². The van der Waals surface area contributed by atoms with Gasteiger partial charge in [-0.15, -0.1) is 0 Å². The van der Waals surface area contributed by atoms with Gasteiger partial charge in [-0.3, -0.25) is 4.68 Å². The van der Waals surface area contributed by atoms with Gasteiger partial charge in [-0.1, -0.05) is 6.07 Å². The zero-order chi connectivity index (χ0) is 14.1. The van der Waals surface area contributed by atoms with Crippen molar-refractivity contribution in [1.82, 2.24) is 19.3 Å². The molecule has 1 aromatic carbocycles. The van der Waals surface area contributed by atoms with Crippen LogP contribution in [-0.4, -0.2) is 30.4 Å². The van der Waals surface area contributed by atoms with Crippen molar-refractivity contribution in [3.8, 4) is 0 Å². The van der Waals surface area contributed by atoms with E-state index in [0.717, 1.165) is 12.0 Å². The molecule has 2 aromatic heterocycles. The van der Waals surface area contributed by atoms with Gasteiger partial charge in [0.15, 0.2) is 0 Å². The van der Waals surface area contributed by atoms with E-state index in [2.05, 4.69) is 10.1 Å². The number of carbonyl (C=O) groups is 1. The fourth-order valence-electron chi connectivity index (χ4n) is 2.32. The summed E-state index contributed by atoms with van der Waals surface area (Å²) in [5.74, 6) is -0.932. The minimum Gasteiger partial charge on any atom is -0.478 e. The zero-order valence-electron chi connectivity index (χ0n) is 11.0. The fraction of sp³-hybridized carbons (Fsp3) is 0.214. The third-order valence-corrected chi connectivity index (χ3v) is 3.27. The summed E-state index contributed by atoms with van der Waals surface area (Å²) in [4.78, 5) is 15.5. The lowest BCUT2D eigenvalue weighted by Crippen LogP contribution is -2.04. The summed E-state index contributed by atoms with van der Waals surface area (Å²) < 4.78 is 3.63. The van der Waals surface area contributed by atoms with Crippen molar-refractivity contribution in [2.75, 3.05) is 0 Å². The number of fused-ring (bicyclic) bond motifs is 1. The second-order valence-electron chi connectivity index (χ2n) is 4.69. The Kier molecular flexibility index (Phi) is 2.98. The molecule has 0 unspecified atom stereocenters. The molecule has 0 atom stereocenters. The monoisotopic (exact) mass is 270 g/mol. The highest BCUT2D eigenvalue weighted by Crippen LogP contribution is 2.18. The van der Waals surface area contributed by atoms with Gasteiger partial charge in [-0.05, 0) is 24.1 Å². The molecular formula is C14H14N4O2. The summed E-state index contributed by atoms with van der Waals surface area (Å²) in [6, 6.07) is 5.14. The summed E-state index contributed by atoms with van der Waals surface area (Å²) in [5.41, 5.74) is 2.77. The van der Waals surface area contributed by atoms with E-state index in [1.807, 2.05) is 30.1 Å². The molecule has 3 rings (SSSR count). The van der Waals surface area contributed by atoms with Crippen molar-refractivity contribution >= 4 is 17.0 Å². The predicted octanol–water partition coefficient (Wildman–Crippen LogP) is 1.71. The molecule has 6 nitrogen and oxygen atoms in total.